The molecule has 2 saturated carbocycles. The molecule has 0 amide bonds. The Hall–Kier alpha value is -0.0800. The third-order valence-electron chi connectivity index (χ3n) is 4.52. The highest BCUT2D eigenvalue weighted by Gasteiger charge is 2.34. The van der Waals surface area contributed by atoms with Gasteiger partial charge in [0.1, 0.15) is 0 Å². The smallest absolute Gasteiger partial charge is 0.0555 e. The predicted octanol–water partition coefficient (Wildman–Crippen LogP) is 2.66. The van der Waals surface area contributed by atoms with Gasteiger partial charge in [-0.15, -0.1) is 0 Å². The number of aliphatic hydroxyl groups excluding tert-OH is 1. The Labute approximate surface area is 100 Å². The van der Waals surface area contributed by atoms with Gasteiger partial charge in [0.05, 0.1) is 6.10 Å². The summed E-state index contributed by atoms with van der Waals surface area (Å²) in [6.07, 6.45) is 7.36. The molecule has 0 radical (unpaired) electrons. The first-order chi connectivity index (χ1) is 7.74. The molecule has 0 spiro atoms. The molecule has 2 heteroatoms. The van der Waals surface area contributed by atoms with Crippen LogP contribution in [0.2, 0.25) is 0 Å². The van der Waals surface area contributed by atoms with Crippen LogP contribution >= 0.6 is 0 Å². The normalized spacial score (nSPS) is 35.6. The molecular weight excluding hydrogens is 198 g/mol. The third-order valence-corrected chi connectivity index (χ3v) is 4.52. The van der Waals surface area contributed by atoms with Crippen LogP contribution in [0.4, 0.5) is 0 Å². The topological polar surface area (TPSA) is 23.5 Å². The summed E-state index contributed by atoms with van der Waals surface area (Å²) in [4.78, 5) is 2.65. The second-order valence-electron chi connectivity index (χ2n) is 5.73. The summed E-state index contributed by atoms with van der Waals surface area (Å²) in [5.74, 6) is 1.79. The van der Waals surface area contributed by atoms with Gasteiger partial charge in [0.25, 0.3) is 0 Å². The lowest BCUT2D eigenvalue weighted by Crippen LogP contribution is -2.46. The predicted molar refractivity (Wildman–Crippen MR) is 67.4 cm³/mol. The minimum Gasteiger partial charge on any atom is -0.393 e. The molecule has 0 aromatic carbocycles. The van der Waals surface area contributed by atoms with Crippen LogP contribution in [0.5, 0.6) is 0 Å². The zero-order valence-corrected chi connectivity index (χ0v) is 10.9. The van der Waals surface area contributed by atoms with Crippen LogP contribution in [0.1, 0.15) is 52.4 Å². The molecule has 0 heterocycles. The van der Waals surface area contributed by atoms with Gasteiger partial charge < -0.3 is 10.0 Å². The van der Waals surface area contributed by atoms with Crippen LogP contribution in [0, 0.1) is 11.8 Å². The van der Waals surface area contributed by atoms with Crippen molar-refractivity contribution in [3.8, 4) is 0 Å². The fourth-order valence-corrected chi connectivity index (χ4v) is 3.24. The lowest BCUT2D eigenvalue weighted by atomic mass is 9.80. The zero-order chi connectivity index (χ0) is 11.5. The van der Waals surface area contributed by atoms with E-state index in [2.05, 4.69) is 18.7 Å². The molecule has 2 fully saturated rings. The van der Waals surface area contributed by atoms with Gasteiger partial charge in [-0.2, -0.15) is 0 Å². The van der Waals surface area contributed by atoms with E-state index in [0.717, 1.165) is 31.2 Å². The summed E-state index contributed by atoms with van der Waals surface area (Å²) in [6.45, 7) is 7.02. The van der Waals surface area contributed by atoms with Gasteiger partial charge in [-0.05, 0) is 50.5 Å². The summed E-state index contributed by atoms with van der Waals surface area (Å²) in [5.41, 5.74) is 0. The van der Waals surface area contributed by atoms with Gasteiger partial charge in [-0.1, -0.05) is 20.3 Å². The molecule has 2 aliphatic rings. The molecule has 2 aliphatic carbocycles. The van der Waals surface area contributed by atoms with Gasteiger partial charge in [0.15, 0.2) is 0 Å². The molecule has 0 bridgehead atoms. The molecule has 3 atom stereocenters. The van der Waals surface area contributed by atoms with E-state index in [4.69, 9.17) is 0 Å². The molecule has 94 valence electrons. The monoisotopic (exact) mass is 225 g/mol. The maximum absolute atomic E-state index is 9.86. The fourth-order valence-electron chi connectivity index (χ4n) is 3.24. The highest BCUT2D eigenvalue weighted by atomic mass is 16.3. The summed E-state index contributed by atoms with van der Waals surface area (Å²) < 4.78 is 0. The van der Waals surface area contributed by atoms with Crippen LogP contribution in [-0.4, -0.2) is 35.2 Å². The van der Waals surface area contributed by atoms with Crippen LogP contribution in [0.25, 0.3) is 0 Å². The van der Waals surface area contributed by atoms with Gasteiger partial charge in [-0.25, -0.2) is 0 Å². The Bertz CT molecular complexity index is 215. The van der Waals surface area contributed by atoms with Crippen LogP contribution < -0.4 is 0 Å². The first kappa shape index (κ1) is 12.4. The molecule has 0 aromatic heterocycles. The van der Waals surface area contributed by atoms with Crippen molar-refractivity contribution in [2.24, 2.45) is 11.8 Å². The Balaban J connectivity index is 1.94. The van der Waals surface area contributed by atoms with Crippen molar-refractivity contribution in [2.75, 3.05) is 13.1 Å². The number of hydrogen-bond donors (Lipinski definition) is 1. The van der Waals surface area contributed by atoms with Crippen LogP contribution in [0.15, 0.2) is 0 Å². The molecule has 16 heavy (non-hydrogen) atoms. The Morgan fingerprint density at radius 2 is 1.88 bits per heavy atom. The number of aliphatic hydroxyl groups is 1. The van der Waals surface area contributed by atoms with Gasteiger partial charge >= 0.3 is 0 Å². The molecular formula is C14H27NO. The van der Waals surface area contributed by atoms with E-state index in [1.165, 1.54) is 32.2 Å². The van der Waals surface area contributed by atoms with Gasteiger partial charge in [-0.3, -0.25) is 0 Å². The average Bonchev–Trinajstić information content (AvgIpc) is 3.09. The first-order valence-corrected chi connectivity index (χ1v) is 7.16. The van der Waals surface area contributed by atoms with E-state index in [9.17, 15) is 5.11 Å². The summed E-state index contributed by atoms with van der Waals surface area (Å²) in [7, 11) is 0. The molecule has 0 saturated heterocycles. The molecule has 0 aromatic rings. The lowest BCUT2D eigenvalue weighted by Gasteiger charge is -2.41. The third kappa shape index (κ3) is 2.98. The van der Waals surface area contributed by atoms with Crippen molar-refractivity contribution in [3.63, 3.8) is 0 Å². The second-order valence-corrected chi connectivity index (χ2v) is 5.73. The van der Waals surface area contributed by atoms with Crippen molar-refractivity contribution in [1.29, 1.82) is 0 Å². The molecule has 2 nitrogen and oxygen atoms in total. The largest absolute Gasteiger partial charge is 0.393 e. The molecule has 0 aliphatic heterocycles. The van der Waals surface area contributed by atoms with Gasteiger partial charge in [0.2, 0.25) is 0 Å². The highest BCUT2D eigenvalue weighted by Crippen LogP contribution is 2.35. The van der Waals surface area contributed by atoms with Crippen LogP contribution in [-0.2, 0) is 0 Å². The minimum atomic E-state index is -0.0407. The van der Waals surface area contributed by atoms with Crippen molar-refractivity contribution < 1.29 is 5.11 Å². The minimum absolute atomic E-state index is 0.0407. The summed E-state index contributed by atoms with van der Waals surface area (Å²) in [5, 5.41) is 9.86. The van der Waals surface area contributed by atoms with E-state index < -0.39 is 0 Å². The molecule has 3 unspecified atom stereocenters. The van der Waals surface area contributed by atoms with E-state index in [1.807, 2.05) is 0 Å². The van der Waals surface area contributed by atoms with Crippen LogP contribution in [0.3, 0.4) is 0 Å². The first-order valence-electron chi connectivity index (χ1n) is 7.16. The summed E-state index contributed by atoms with van der Waals surface area (Å²) >= 11 is 0. The number of nitrogens with zero attached hydrogens (tertiary/aromatic N) is 1. The Kier molecular flexibility index (Phi) is 4.26. The summed E-state index contributed by atoms with van der Waals surface area (Å²) in [6, 6.07) is 0.652. The van der Waals surface area contributed by atoms with E-state index in [-0.39, 0.29) is 6.10 Å². The average molecular weight is 225 g/mol. The Morgan fingerprint density at radius 3 is 2.44 bits per heavy atom. The van der Waals surface area contributed by atoms with Crippen molar-refractivity contribution in [3.05, 3.63) is 0 Å². The lowest BCUT2D eigenvalue weighted by molar-refractivity contribution is 0.0256. The van der Waals surface area contributed by atoms with Crippen molar-refractivity contribution in [1.82, 2.24) is 4.90 Å². The van der Waals surface area contributed by atoms with E-state index in [1.54, 1.807) is 0 Å². The fraction of sp³-hybridized carbons (Fsp3) is 1.00. The number of rotatable bonds is 5. The standard InChI is InChI=1S/C14H27NO/c1-3-12-7-8-13(16)9-14(12)15(4-2)10-11-5-6-11/h11-14,16H,3-10H2,1-2H3. The quantitative estimate of drug-likeness (QED) is 0.777. The molecule has 2 rings (SSSR count). The van der Waals surface area contributed by atoms with E-state index >= 15 is 0 Å². The second kappa shape index (κ2) is 5.50. The highest BCUT2D eigenvalue weighted by molar-refractivity contribution is 4.88. The number of hydrogen-bond acceptors (Lipinski definition) is 2. The SMILES string of the molecule is CCC1CCC(O)CC1N(CC)CC1CC1. The van der Waals surface area contributed by atoms with Crippen molar-refractivity contribution >= 4 is 0 Å². The maximum atomic E-state index is 9.86. The van der Waals surface area contributed by atoms with E-state index in [0.29, 0.717) is 6.04 Å². The maximum Gasteiger partial charge on any atom is 0.0555 e. The van der Waals surface area contributed by atoms with Crippen molar-refractivity contribution in [2.45, 2.75) is 64.5 Å². The molecule has 1 N–H and O–H groups in total. The van der Waals surface area contributed by atoms with Gasteiger partial charge in [0, 0.05) is 12.6 Å². The zero-order valence-electron chi connectivity index (χ0n) is 10.9. The Morgan fingerprint density at radius 1 is 1.12 bits per heavy atom.